The normalized spacial score (nSPS) is 24.9. The summed E-state index contributed by atoms with van der Waals surface area (Å²) in [6.45, 7) is 7.75. The maximum absolute atomic E-state index is 13.5. The molecule has 2 aromatic rings. The molecule has 2 unspecified atom stereocenters. The lowest BCUT2D eigenvalue weighted by molar-refractivity contribution is -0.133. The first-order chi connectivity index (χ1) is 15.4. The molecule has 7 rings (SSSR count). The summed E-state index contributed by atoms with van der Waals surface area (Å²) >= 11 is 1.43. The third kappa shape index (κ3) is 3.29. The average molecular weight is 454 g/mol. The molecule has 3 atom stereocenters. The van der Waals surface area contributed by atoms with Gasteiger partial charge in [0.1, 0.15) is 5.82 Å². The van der Waals surface area contributed by atoms with Crippen molar-refractivity contribution in [1.29, 1.82) is 0 Å². The van der Waals surface area contributed by atoms with E-state index in [4.69, 9.17) is 9.72 Å². The standard InChI is InChI=1S/C23H27N5O3S/c1-11-20(32-23(24-11)25-13(3)29)18-6-15-8-28(12(2)14-4-5-14)22(30)19(15)21(26-18)27-9-16-7-17(10-27)31-16/h6,12,14,16-17H,4-5,7-10H2,1-3H3,(H,24,25,29)/t12-,16?,17?/m0/s1. The fraction of sp³-hybridized carbons (Fsp3) is 0.565. The molecule has 0 spiro atoms. The number of amides is 2. The summed E-state index contributed by atoms with van der Waals surface area (Å²) in [5.41, 5.74) is 3.44. The molecule has 1 saturated carbocycles. The SMILES string of the molecule is CC(=O)Nc1nc(C)c(-c2cc3c(c(N4CC5CC(C4)O5)n2)C(=O)N([C@@H](C)C2CC2)C3)s1. The number of carbonyl (C=O) groups is 2. The minimum absolute atomic E-state index is 0.105. The van der Waals surface area contributed by atoms with Gasteiger partial charge in [-0.05, 0) is 44.2 Å². The van der Waals surface area contributed by atoms with Crippen LogP contribution >= 0.6 is 11.3 Å². The number of rotatable bonds is 5. The first-order valence-electron chi connectivity index (χ1n) is 11.4. The third-order valence-corrected chi connectivity index (χ3v) is 8.16. The average Bonchev–Trinajstić information content (AvgIpc) is 3.45. The van der Waals surface area contributed by atoms with Crippen molar-refractivity contribution in [2.24, 2.45) is 5.92 Å². The Balaban J connectivity index is 1.42. The molecular weight excluding hydrogens is 426 g/mol. The van der Waals surface area contributed by atoms with E-state index in [1.54, 1.807) is 0 Å². The fourth-order valence-electron chi connectivity index (χ4n) is 5.21. The van der Waals surface area contributed by atoms with E-state index in [1.165, 1.54) is 31.1 Å². The second kappa shape index (κ2) is 7.25. The number of nitrogens with zero attached hydrogens (tertiary/aromatic N) is 4. The molecule has 9 heteroatoms. The lowest BCUT2D eigenvalue weighted by Gasteiger charge is -2.47. The monoisotopic (exact) mass is 453 g/mol. The summed E-state index contributed by atoms with van der Waals surface area (Å²) in [7, 11) is 0. The predicted molar refractivity (Wildman–Crippen MR) is 122 cm³/mol. The Morgan fingerprint density at radius 2 is 2.00 bits per heavy atom. The van der Waals surface area contributed by atoms with Gasteiger partial charge in [-0.25, -0.2) is 9.97 Å². The number of piperidine rings is 1. The molecule has 8 nitrogen and oxygen atoms in total. The van der Waals surface area contributed by atoms with Gasteiger partial charge in [0.15, 0.2) is 5.13 Å². The Labute approximate surface area is 191 Å². The number of hydrogen-bond donors (Lipinski definition) is 1. The van der Waals surface area contributed by atoms with E-state index >= 15 is 0 Å². The van der Waals surface area contributed by atoms with Gasteiger partial charge < -0.3 is 19.9 Å². The van der Waals surface area contributed by atoms with Crippen LogP contribution in [-0.4, -0.2) is 58.0 Å². The molecule has 168 valence electrons. The number of carbonyl (C=O) groups excluding carboxylic acids is 2. The molecule has 5 aliphatic rings. The lowest BCUT2D eigenvalue weighted by Crippen LogP contribution is -2.57. The molecule has 0 aromatic carbocycles. The third-order valence-electron chi connectivity index (χ3n) is 7.06. The summed E-state index contributed by atoms with van der Waals surface area (Å²) in [5, 5.41) is 3.35. The number of aromatic nitrogens is 2. The van der Waals surface area contributed by atoms with Crippen molar-refractivity contribution in [2.45, 2.75) is 64.8 Å². The first-order valence-corrected chi connectivity index (χ1v) is 12.2. The highest BCUT2D eigenvalue weighted by atomic mass is 32.1. The van der Waals surface area contributed by atoms with Crippen LogP contribution in [0.3, 0.4) is 0 Å². The van der Waals surface area contributed by atoms with Gasteiger partial charge in [-0.1, -0.05) is 11.3 Å². The minimum Gasteiger partial charge on any atom is -0.371 e. The van der Waals surface area contributed by atoms with Gasteiger partial charge in [0.25, 0.3) is 5.91 Å². The molecule has 2 aromatic heterocycles. The van der Waals surface area contributed by atoms with Gasteiger partial charge >= 0.3 is 0 Å². The second-order valence-corrected chi connectivity index (χ2v) is 10.5. The first kappa shape index (κ1) is 20.1. The number of fused-ring (bicyclic) bond motifs is 3. The Bertz CT molecular complexity index is 1110. The molecule has 2 amide bonds. The van der Waals surface area contributed by atoms with Crippen LogP contribution < -0.4 is 10.2 Å². The topological polar surface area (TPSA) is 87.7 Å². The van der Waals surface area contributed by atoms with Crippen LogP contribution in [-0.2, 0) is 16.1 Å². The fourth-order valence-corrected chi connectivity index (χ4v) is 6.19. The van der Waals surface area contributed by atoms with Crippen LogP contribution in [0.15, 0.2) is 6.07 Å². The van der Waals surface area contributed by atoms with Crippen molar-refractivity contribution in [3.05, 3.63) is 22.9 Å². The predicted octanol–water partition coefficient (Wildman–Crippen LogP) is 3.20. The second-order valence-electron chi connectivity index (χ2n) is 9.51. The van der Waals surface area contributed by atoms with E-state index in [1.807, 2.05) is 11.8 Å². The van der Waals surface area contributed by atoms with Crippen LogP contribution in [0.2, 0.25) is 0 Å². The van der Waals surface area contributed by atoms with E-state index in [-0.39, 0.29) is 30.1 Å². The van der Waals surface area contributed by atoms with Gasteiger partial charge in [-0.3, -0.25) is 9.59 Å². The number of nitrogens with one attached hydrogen (secondary N) is 1. The molecule has 4 fully saturated rings. The van der Waals surface area contributed by atoms with Crippen molar-refractivity contribution in [1.82, 2.24) is 14.9 Å². The van der Waals surface area contributed by atoms with E-state index < -0.39 is 0 Å². The zero-order valence-electron chi connectivity index (χ0n) is 18.6. The number of hydrogen-bond acceptors (Lipinski definition) is 7. The van der Waals surface area contributed by atoms with Gasteiger partial charge in [-0.15, -0.1) is 0 Å². The number of aryl methyl sites for hydroxylation is 1. The van der Waals surface area contributed by atoms with Crippen LogP contribution in [0.1, 0.15) is 54.7 Å². The van der Waals surface area contributed by atoms with Crippen molar-refractivity contribution in [2.75, 3.05) is 23.3 Å². The van der Waals surface area contributed by atoms with E-state index in [2.05, 4.69) is 28.2 Å². The van der Waals surface area contributed by atoms with Crippen molar-refractivity contribution in [3.8, 4) is 10.6 Å². The maximum atomic E-state index is 13.5. The molecule has 1 N–H and O–H groups in total. The number of ether oxygens (including phenoxy) is 1. The van der Waals surface area contributed by atoms with Crippen molar-refractivity contribution < 1.29 is 14.3 Å². The highest BCUT2D eigenvalue weighted by molar-refractivity contribution is 7.19. The molecule has 3 saturated heterocycles. The molecule has 1 aliphatic carbocycles. The van der Waals surface area contributed by atoms with Crippen molar-refractivity contribution in [3.63, 3.8) is 0 Å². The molecule has 4 aliphatic heterocycles. The van der Waals surface area contributed by atoms with Crippen LogP contribution in [0.25, 0.3) is 10.6 Å². The van der Waals surface area contributed by atoms with Crippen LogP contribution in [0.5, 0.6) is 0 Å². The molecule has 6 heterocycles. The smallest absolute Gasteiger partial charge is 0.258 e. The number of pyridine rings is 1. The van der Waals surface area contributed by atoms with Crippen LogP contribution in [0.4, 0.5) is 10.9 Å². The molecular formula is C23H27N5O3S. The summed E-state index contributed by atoms with van der Waals surface area (Å²) in [4.78, 5) is 39.8. The molecule has 0 radical (unpaired) electrons. The Morgan fingerprint density at radius 1 is 1.28 bits per heavy atom. The quantitative estimate of drug-likeness (QED) is 0.748. The maximum Gasteiger partial charge on any atom is 0.258 e. The van der Waals surface area contributed by atoms with E-state index in [0.717, 1.165) is 52.7 Å². The highest BCUT2D eigenvalue weighted by Gasteiger charge is 2.44. The largest absolute Gasteiger partial charge is 0.371 e. The minimum atomic E-state index is -0.143. The van der Waals surface area contributed by atoms with Gasteiger partial charge in [0.05, 0.1) is 34.0 Å². The van der Waals surface area contributed by atoms with Crippen molar-refractivity contribution >= 4 is 34.1 Å². The number of anilines is 2. The van der Waals surface area contributed by atoms with E-state index in [0.29, 0.717) is 17.6 Å². The van der Waals surface area contributed by atoms with Gasteiger partial charge in [0.2, 0.25) is 5.91 Å². The Kier molecular flexibility index (Phi) is 4.55. The highest BCUT2D eigenvalue weighted by Crippen LogP contribution is 2.43. The molecule has 32 heavy (non-hydrogen) atoms. The summed E-state index contributed by atoms with van der Waals surface area (Å²) < 4.78 is 5.83. The van der Waals surface area contributed by atoms with Gasteiger partial charge in [-0.2, -0.15) is 0 Å². The Morgan fingerprint density at radius 3 is 2.66 bits per heavy atom. The lowest BCUT2D eigenvalue weighted by atomic mass is 9.98. The summed E-state index contributed by atoms with van der Waals surface area (Å²) in [6.07, 6.45) is 3.95. The number of thiazole rings is 1. The van der Waals surface area contributed by atoms with Gasteiger partial charge in [0, 0.05) is 39.0 Å². The molecule has 2 bridgehead atoms. The Hall–Kier alpha value is -2.52. The van der Waals surface area contributed by atoms with E-state index in [9.17, 15) is 9.59 Å². The zero-order chi connectivity index (χ0) is 22.1. The summed E-state index contributed by atoms with van der Waals surface area (Å²) in [5.74, 6) is 1.35. The zero-order valence-corrected chi connectivity index (χ0v) is 19.4. The van der Waals surface area contributed by atoms with Crippen LogP contribution in [0, 0.1) is 12.8 Å². The summed E-state index contributed by atoms with van der Waals surface area (Å²) in [6, 6.07) is 2.30. The number of morpholine rings is 1.